The van der Waals surface area contributed by atoms with Gasteiger partial charge in [0.15, 0.2) is 0 Å². The second kappa shape index (κ2) is 7.86. The van der Waals surface area contributed by atoms with E-state index in [1.807, 2.05) is 11.0 Å². The van der Waals surface area contributed by atoms with Crippen LogP contribution < -0.4 is 5.32 Å². The number of aromatic nitrogens is 1. The number of hydrogen-bond donors (Lipinski definition) is 1. The molecule has 1 aliphatic rings. The van der Waals surface area contributed by atoms with Gasteiger partial charge in [-0.25, -0.2) is 0 Å². The molecule has 1 atom stereocenters. The summed E-state index contributed by atoms with van der Waals surface area (Å²) in [5, 5.41) is 2.68. The van der Waals surface area contributed by atoms with Crippen LogP contribution in [0.25, 0.3) is 0 Å². The molecule has 2 aromatic rings. The molecule has 1 aromatic heterocycles. The van der Waals surface area contributed by atoms with Gasteiger partial charge in [-0.15, -0.1) is 0 Å². The summed E-state index contributed by atoms with van der Waals surface area (Å²) in [6.07, 6.45) is 0.815. The van der Waals surface area contributed by atoms with E-state index in [-0.39, 0.29) is 18.0 Å². The first kappa shape index (κ1) is 18.4. The van der Waals surface area contributed by atoms with Gasteiger partial charge in [0, 0.05) is 18.9 Å². The van der Waals surface area contributed by atoms with Crippen molar-refractivity contribution in [2.24, 2.45) is 0 Å². The van der Waals surface area contributed by atoms with Gasteiger partial charge < -0.3 is 5.32 Å². The van der Waals surface area contributed by atoms with Gasteiger partial charge in [0.2, 0.25) is 5.91 Å². The molecule has 0 saturated carbocycles. The van der Waals surface area contributed by atoms with Crippen LogP contribution in [0.3, 0.4) is 0 Å². The lowest BCUT2D eigenvalue weighted by Crippen LogP contribution is -2.39. The van der Waals surface area contributed by atoms with Crippen molar-refractivity contribution in [2.45, 2.75) is 31.6 Å². The van der Waals surface area contributed by atoms with E-state index >= 15 is 0 Å². The number of alkyl halides is 3. The molecule has 1 fully saturated rings. The molecule has 3 rings (SSSR count). The molecule has 1 aliphatic heterocycles. The average Bonchev–Trinajstić information content (AvgIpc) is 3.15. The van der Waals surface area contributed by atoms with E-state index in [9.17, 15) is 18.0 Å². The monoisotopic (exact) mass is 363 g/mol. The highest BCUT2D eigenvalue weighted by Crippen LogP contribution is 2.32. The molecule has 1 aromatic carbocycles. The minimum Gasteiger partial charge on any atom is -0.350 e. The molecule has 1 N–H and O–H groups in total. The Hall–Kier alpha value is -2.41. The van der Waals surface area contributed by atoms with Crippen LogP contribution in [0.5, 0.6) is 0 Å². The van der Waals surface area contributed by atoms with Crippen LogP contribution in [0, 0.1) is 0 Å². The highest BCUT2D eigenvalue weighted by atomic mass is 19.4. The number of nitrogens with zero attached hydrogens (tertiary/aromatic N) is 2. The Morgan fingerprint density at radius 1 is 1.15 bits per heavy atom. The number of benzene rings is 1. The molecule has 1 saturated heterocycles. The van der Waals surface area contributed by atoms with Crippen molar-refractivity contribution in [1.82, 2.24) is 15.2 Å². The lowest BCUT2D eigenvalue weighted by molar-refractivity contribution is -0.138. The largest absolute Gasteiger partial charge is 0.416 e. The van der Waals surface area contributed by atoms with Crippen LogP contribution >= 0.6 is 0 Å². The fourth-order valence-electron chi connectivity index (χ4n) is 3.30. The number of amides is 1. The summed E-state index contributed by atoms with van der Waals surface area (Å²) < 4.78 is 39.3. The van der Waals surface area contributed by atoms with Gasteiger partial charge in [-0.1, -0.05) is 24.3 Å². The Labute approximate surface area is 150 Å². The fraction of sp³-hybridized carbons (Fsp3) is 0.368. The van der Waals surface area contributed by atoms with E-state index in [4.69, 9.17) is 0 Å². The van der Waals surface area contributed by atoms with Crippen molar-refractivity contribution >= 4 is 5.91 Å². The van der Waals surface area contributed by atoms with Gasteiger partial charge in [0.25, 0.3) is 0 Å². The molecular weight excluding hydrogens is 343 g/mol. The third kappa shape index (κ3) is 4.22. The lowest BCUT2D eigenvalue weighted by atomic mass is 10.1. The Balaban J connectivity index is 1.77. The summed E-state index contributed by atoms with van der Waals surface area (Å²) in [5.41, 5.74) is 0.0788. The molecule has 138 valence electrons. The van der Waals surface area contributed by atoms with Gasteiger partial charge in [-0.2, -0.15) is 13.2 Å². The molecule has 1 amide bonds. The summed E-state index contributed by atoms with van der Waals surface area (Å²) in [6, 6.07) is 8.33. The van der Waals surface area contributed by atoms with Crippen molar-refractivity contribution in [3.8, 4) is 0 Å². The second-order valence-electron chi connectivity index (χ2n) is 6.30. The van der Waals surface area contributed by atoms with E-state index < -0.39 is 17.8 Å². The van der Waals surface area contributed by atoms with Crippen molar-refractivity contribution in [2.75, 3.05) is 13.1 Å². The number of pyridine rings is 1. The van der Waals surface area contributed by atoms with Crippen LogP contribution in [0.2, 0.25) is 0 Å². The third-order valence-corrected chi connectivity index (χ3v) is 4.53. The molecular formula is C19H20F3N3O. The Morgan fingerprint density at radius 2 is 1.88 bits per heavy atom. The van der Waals surface area contributed by atoms with Gasteiger partial charge in [-0.3, -0.25) is 14.7 Å². The Morgan fingerprint density at radius 3 is 2.54 bits per heavy atom. The molecule has 7 heteroatoms. The Kier molecular flexibility index (Phi) is 5.56. The molecule has 0 bridgehead atoms. The number of nitrogens with one attached hydrogen (secondary N) is 1. The smallest absolute Gasteiger partial charge is 0.350 e. The highest BCUT2D eigenvalue weighted by Gasteiger charge is 2.34. The maximum Gasteiger partial charge on any atom is 0.416 e. The predicted octanol–water partition coefficient (Wildman–Crippen LogP) is 3.55. The number of rotatable bonds is 5. The summed E-state index contributed by atoms with van der Waals surface area (Å²) in [6.45, 7) is 1.40. The topological polar surface area (TPSA) is 45.2 Å². The zero-order valence-corrected chi connectivity index (χ0v) is 14.2. The second-order valence-corrected chi connectivity index (χ2v) is 6.30. The van der Waals surface area contributed by atoms with E-state index in [1.54, 1.807) is 18.5 Å². The first-order valence-corrected chi connectivity index (χ1v) is 8.53. The molecule has 0 aliphatic carbocycles. The minimum absolute atomic E-state index is 0.0553. The predicted molar refractivity (Wildman–Crippen MR) is 91.1 cm³/mol. The maximum atomic E-state index is 13.1. The van der Waals surface area contributed by atoms with Crippen LogP contribution in [-0.2, 0) is 17.5 Å². The number of hydrogen-bond acceptors (Lipinski definition) is 3. The number of carbonyl (C=O) groups is 1. The summed E-state index contributed by atoms with van der Waals surface area (Å²) >= 11 is 0. The van der Waals surface area contributed by atoms with Crippen molar-refractivity contribution in [1.29, 1.82) is 0 Å². The lowest BCUT2D eigenvalue weighted by Gasteiger charge is -2.27. The third-order valence-electron chi connectivity index (χ3n) is 4.53. The van der Waals surface area contributed by atoms with Crippen LogP contribution in [0.15, 0.2) is 48.8 Å². The van der Waals surface area contributed by atoms with Crippen LogP contribution in [-0.4, -0.2) is 28.9 Å². The maximum absolute atomic E-state index is 13.1. The number of carbonyl (C=O) groups excluding carboxylic acids is 1. The van der Waals surface area contributed by atoms with Gasteiger partial charge >= 0.3 is 6.18 Å². The molecule has 26 heavy (non-hydrogen) atoms. The van der Waals surface area contributed by atoms with Gasteiger partial charge in [0.05, 0.1) is 5.56 Å². The highest BCUT2D eigenvalue weighted by molar-refractivity contribution is 5.83. The summed E-state index contributed by atoms with van der Waals surface area (Å²) in [4.78, 5) is 18.9. The number of likely N-dealkylation sites (tertiary alicyclic amines) is 1. The molecule has 0 radical (unpaired) electrons. The van der Waals surface area contributed by atoms with E-state index in [0.29, 0.717) is 0 Å². The minimum atomic E-state index is -4.45. The molecule has 1 unspecified atom stereocenters. The van der Waals surface area contributed by atoms with Crippen LogP contribution in [0.4, 0.5) is 13.2 Å². The molecule has 2 heterocycles. The first-order chi connectivity index (χ1) is 12.5. The quantitative estimate of drug-likeness (QED) is 0.884. The summed E-state index contributed by atoms with van der Waals surface area (Å²) in [7, 11) is 0. The zero-order chi connectivity index (χ0) is 18.6. The Bertz CT molecular complexity index is 743. The van der Waals surface area contributed by atoms with E-state index in [0.717, 1.165) is 37.6 Å². The zero-order valence-electron chi connectivity index (χ0n) is 14.2. The molecule has 0 spiro atoms. The normalized spacial score (nSPS) is 16.4. The van der Waals surface area contributed by atoms with Crippen molar-refractivity contribution in [3.63, 3.8) is 0 Å². The molecule has 4 nitrogen and oxygen atoms in total. The SMILES string of the molecule is O=C(NCc1ccccc1C(F)(F)F)C(c1cccnc1)N1CCCC1. The summed E-state index contributed by atoms with van der Waals surface area (Å²) in [5.74, 6) is -0.308. The van der Waals surface area contributed by atoms with Crippen LogP contribution in [0.1, 0.15) is 35.6 Å². The van der Waals surface area contributed by atoms with E-state index in [1.165, 1.54) is 18.2 Å². The van der Waals surface area contributed by atoms with Gasteiger partial charge in [0.1, 0.15) is 6.04 Å². The standard InChI is InChI=1S/C19H20F3N3O/c20-19(21,22)16-8-2-1-6-14(16)13-24-18(26)17(25-10-3-4-11-25)15-7-5-9-23-12-15/h1-2,5-9,12,17H,3-4,10-11,13H2,(H,24,26). The average molecular weight is 363 g/mol. The van der Waals surface area contributed by atoms with Gasteiger partial charge in [-0.05, 0) is 49.2 Å². The van der Waals surface area contributed by atoms with E-state index in [2.05, 4.69) is 10.3 Å². The number of halogens is 3. The van der Waals surface area contributed by atoms with Crippen molar-refractivity contribution in [3.05, 3.63) is 65.5 Å². The first-order valence-electron chi connectivity index (χ1n) is 8.53. The fourth-order valence-corrected chi connectivity index (χ4v) is 3.30. The van der Waals surface area contributed by atoms with Crippen molar-refractivity contribution < 1.29 is 18.0 Å².